The molecule has 3 N–H and O–H groups in total. The zero-order valence-electron chi connectivity index (χ0n) is 12.8. The van der Waals surface area contributed by atoms with Crippen LogP contribution in [-0.2, 0) is 4.74 Å². The number of fused-ring (bicyclic) bond motifs is 1. The second-order valence-electron chi connectivity index (χ2n) is 5.58. The van der Waals surface area contributed by atoms with E-state index in [4.69, 9.17) is 15.5 Å². The Bertz CT molecular complexity index is 766. The normalized spacial score (nSPS) is 18.4. The molecule has 1 atom stereocenters. The predicted molar refractivity (Wildman–Crippen MR) is 91.7 cm³/mol. The molecule has 1 aromatic heterocycles. The summed E-state index contributed by atoms with van der Waals surface area (Å²) in [5.74, 6) is 0.247. The van der Waals surface area contributed by atoms with Gasteiger partial charge in [-0.3, -0.25) is 4.79 Å². The predicted octanol–water partition coefficient (Wildman–Crippen LogP) is 1.60. The number of anilines is 1. The van der Waals surface area contributed by atoms with Gasteiger partial charge in [0.25, 0.3) is 0 Å². The lowest BCUT2D eigenvalue weighted by atomic mass is 10.0. The maximum absolute atomic E-state index is 12.0. The van der Waals surface area contributed by atoms with Gasteiger partial charge in [0.1, 0.15) is 5.82 Å². The van der Waals surface area contributed by atoms with E-state index in [2.05, 4.69) is 15.9 Å². The minimum Gasteiger partial charge on any atom is -0.394 e. The smallest absolute Gasteiger partial charge is 0.249 e. The summed E-state index contributed by atoms with van der Waals surface area (Å²) in [5, 5.41) is 10.1. The number of pyridine rings is 1. The Morgan fingerprint density at radius 2 is 2.35 bits per heavy atom. The first-order valence-corrected chi connectivity index (χ1v) is 8.17. The maximum atomic E-state index is 12.0. The standard InChI is InChI=1S/C16H18BrN3O3/c1-9-14(15(18)22)12-6-10(17)2-3-13(12)19-16(9)20-4-5-23-11(7-20)8-21/h2-3,6,11,21H,4-5,7-8H2,1H3,(H2,18,22). The highest BCUT2D eigenvalue weighted by Gasteiger charge is 2.25. The van der Waals surface area contributed by atoms with Crippen LogP contribution in [0.1, 0.15) is 15.9 Å². The molecule has 0 bridgehead atoms. The third kappa shape index (κ3) is 3.04. The molecule has 7 heteroatoms. The monoisotopic (exact) mass is 379 g/mol. The van der Waals surface area contributed by atoms with Gasteiger partial charge in [-0.05, 0) is 25.1 Å². The van der Waals surface area contributed by atoms with Crippen LogP contribution in [0.4, 0.5) is 5.82 Å². The fourth-order valence-corrected chi connectivity index (χ4v) is 3.33. The molecule has 0 spiro atoms. The first-order valence-electron chi connectivity index (χ1n) is 7.38. The first-order chi connectivity index (χ1) is 11.0. The Morgan fingerprint density at radius 1 is 1.57 bits per heavy atom. The number of nitrogens with zero attached hydrogens (tertiary/aromatic N) is 2. The highest BCUT2D eigenvalue weighted by molar-refractivity contribution is 9.10. The molecule has 2 aromatic rings. The number of aromatic nitrogens is 1. The first kappa shape index (κ1) is 16.2. The third-order valence-electron chi connectivity index (χ3n) is 4.05. The van der Waals surface area contributed by atoms with Gasteiger partial charge in [-0.25, -0.2) is 4.98 Å². The van der Waals surface area contributed by atoms with Gasteiger partial charge in [0.05, 0.1) is 30.4 Å². The average molecular weight is 380 g/mol. The number of aliphatic hydroxyl groups is 1. The van der Waals surface area contributed by atoms with Crippen LogP contribution in [0.25, 0.3) is 10.9 Å². The van der Waals surface area contributed by atoms with Crippen LogP contribution in [0.5, 0.6) is 0 Å². The lowest BCUT2D eigenvalue weighted by molar-refractivity contribution is 0.00334. The van der Waals surface area contributed by atoms with Crippen LogP contribution < -0.4 is 10.6 Å². The van der Waals surface area contributed by atoms with E-state index in [1.54, 1.807) is 0 Å². The molecular weight excluding hydrogens is 362 g/mol. The van der Waals surface area contributed by atoms with Crippen molar-refractivity contribution < 1.29 is 14.6 Å². The molecular formula is C16H18BrN3O3. The van der Waals surface area contributed by atoms with Crippen molar-refractivity contribution in [2.24, 2.45) is 5.73 Å². The molecule has 1 aromatic carbocycles. The van der Waals surface area contributed by atoms with Crippen LogP contribution >= 0.6 is 15.9 Å². The largest absolute Gasteiger partial charge is 0.394 e. The summed E-state index contributed by atoms with van der Waals surface area (Å²) in [6.45, 7) is 3.51. The summed E-state index contributed by atoms with van der Waals surface area (Å²) in [5.41, 5.74) is 7.57. The summed E-state index contributed by atoms with van der Waals surface area (Å²) >= 11 is 3.42. The molecule has 0 saturated carbocycles. The minimum atomic E-state index is -0.471. The van der Waals surface area contributed by atoms with E-state index in [1.165, 1.54) is 0 Å². The summed E-state index contributed by atoms with van der Waals surface area (Å²) in [7, 11) is 0. The number of nitrogens with two attached hydrogens (primary N) is 1. The van der Waals surface area contributed by atoms with Gasteiger partial charge in [0.2, 0.25) is 5.91 Å². The number of carbonyl (C=O) groups is 1. The number of ether oxygens (including phenoxy) is 1. The number of rotatable bonds is 3. The van der Waals surface area contributed by atoms with Crippen LogP contribution in [0.2, 0.25) is 0 Å². The van der Waals surface area contributed by atoms with Crippen LogP contribution in [0.15, 0.2) is 22.7 Å². The molecule has 1 amide bonds. The topological polar surface area (TPSA) is 88.7 Å². The second-order valence-corrected chi connectivity index (χ2v) is 6.50. The van der Waals surface area contributed by atoms with Gasteiger partial charge < -0.3 is 20.5 Å². The quantitative estimate of drug-likeness (QED) is 0.845. The molecule has 0 radical (unpaired) electrons. The van der Waals surface area contributed by atoms with Crippen molar-refractivity contribution >= 4 is 38.6 Å². The van der Waals surface area contributed by atoms with Gasteiger partial charge in [-0.15, -0.1) is 0 Å². The highest BCUT2D eigenvalue weighted by Crippen LogP contribution is 2.30. The fraction of sp³-hybridized carbons (Fsp3) is 0.375. The van der Waals surface area contributed by atoms with Crippen molar-refractivity contribution in [1.82, 2.24) is 4.98 Å². The zero-order valence-corrected chi connectivity index (χ0v) is 14.3. The number of carbonyl (C=O) groups excluding carboxylic acids is 1. The summed E-state index contributed by atoms with van der Waals surface area (Å²) in [6.07, 6.45) is -0.248. The second kappa shape index (κ2) is 6.43. The van der Waals surface area contributed by atoms with E-state index in [0.29, 0.717) is 25.3 Å². The average Bonchev–Trinajstić information content (AvgIpc) is 2.54. The molecule has 1 saturated heterocycles. The molecule has 1 fully saturated rings. The van der Waals surface area contributed by atoms with Gasteiger partial charge in [0, 0.05) is 28.5 Å². The van der Waals surface area contributed by atoms with Crippen molar-refractivity contribution in [3.05, 3.63) is 33.8 Å². The molecule has 1 aliphatic heterocycles. The highest BCUT2D eigenvalue weighted by atomic mass is 79.9. The molecule has 1 unspecified atom stereocenters. The summed E-state index contributed by atoms with van der Waals surface area (Å²) < 4.78 is 6.35. The van der Waals surface area contributed by atoms with Crippen LogP contribution in [0, 0.1) is 6.92 Å². The molecule has 6 nitrogen and oxygen atoms in total. The molecule has 2 heterocycles. The Hall–Kier alpha value is -1.70. The number of morpholine rings is 1. The van der Waals surface area contributed by atoms with Crippen molar-refractivity contribution in [2.75, 3.05) is 31.2 Å². The maximum Gasteiger partial charge on any atom is 0.249 e. The molecule has 0 aliphatic carbocycles. The van der Waals surface area contributed by atoms with Crippen molar-refractivity contribution in [1.29, 1.82) is 0 Å². The molecule has 23 heavy (non-hydrogen) atoms. The zero-order chi connectivity index (χ0) is 16.6. The van der Waals surface area contributed by atoms with Crippen molar-refractivity contribution in [2.45, 2.75) is 13.0 Å². The van der Waals surface area contributed by atoms with E-state index in [9.17, 15) is 9.90 Å². The Balaban J connectivity index is 2.16. The number of hydrogen-bond donors (Lipinski definition) is 2. The molecule has 122 valence electrons. The Kier molecular flexibility index (Phi) is 4.52. The number of halogens is 1. The van der Waals surface area contributed by atoms with Crippen LogP contribution in [-0.4, -0.2) is 48.4 Å². The van der Waals surface area contributed by atoms with E-state index < -0.39 is 5.91 Å². The van der Waals surface area contributed by atoms with Crippen molar-refractivity contribution in [3.8, 4) is 0 Å². The van der Waals surface area contributed by atoms with Gasteiger partial charge in [-0.1, -0.05) is 15.9 Å². The number of hydrogen-bond acceptors (Lipinski definition) is 5. The Morgan fingerprint density at radius 3 is 3.04 bits per heavy atom. The Labute approximate surface area is 142 Å². The van der Waals surface area contributed by atoms with Crippen molar-refractivity contribution in [3.63, 3.8) is 0 Å². The van der Waals surface area contributed by atoms with E-state index in [1.807, 2.05) is 30.0 Å². The minimum absolute atomic E-state index is 0.0429. The SMILES string of the molecule is Cc1c(N2CCOC(CO)C2)nc2ccc(Br)cc2c1C(N)=O. The lowest BCUT2D eigenvalue weighted by Crippen LogP contribution is -2.45. The van der Waals surface area contributed by atoms with Gasteiger partial charge >= 0.3 is 0 Å². The van der Waals surface area contributed by atoms with E-state index in [-0.39, 0.29) is 12.7 Å². The van der Waals surface area contributed by atoms with E-state index in [0.717, 1.165) is 26.8 Å². The van der Waals surface area contributed by atoms with Gasteiger partial charge in [-0.2, -0.15) is 0 Å². The van der Waals surface area contributed by atoms with E-state index >= 15 is 0 Å². The lowest BCUT2D eigenvalue weighted by Gasteiger charge is -2.34. The number of amides is 1. The summed E-state index contributed by atoms with van der Waals surface area (Å²) in [4.78, 5) is 18.7. The molecule has 1 aliphatic rings. The third-order valence-corrected chi connectivity index (χ3v) is 4.55. The van der Waals surface area contributed by atoms with Gasteiger partial charge in [0.15, 0.2) is 0 Å². The number of aliphatic hydroxyl groups excluding tert-OH is 1. The summed E-state index contributed by atoms with van der Waals surface area (Å²) in [6, 6.07) is 5.60. The number of primary amides is 1. The molecule has 3 rings (SSSR count). The fourth-order valence-electron chi connectivity index (χ4n) is 2.97. The number of benzene rings is 1. The van der Waals surface area contributed by atoms with Crippen LogP contribution in [0.3, 0.4) is 0 Å².